The fraction of sp³-hybridized carbons (Fsp3) is 0.550. The Kier molecular flexibility index (Phi) is 10.2. The van der Waals surface area contributed by atoms with E-state index in [1.807, 2.05) is 35.0 Å². The van der Waals surface area contributed by atoms with Crippen LogP contribution in [0.2, 0.25) is 0 Å². The summed E-state index contributed by atoms with van der Waals surface area (Å²) < 4.78 is 31.6. The number of benzene rings is 1. The van der Waals surface area contributed by atoms with Crippen LogP contribution in [0.4, 0.5) is 0 Å². The third-order valence-corrected chi connectivity index (χ3v) is 6.58. The molecule has 0 spiro atoms. The Labute approximate surface area is 201 Å². The predicted octanol–water partition coefficient (Wildman–Crippen LogP) is 1.53. The van der Waals surface area contributed by atoms with Crippen molar-refractivity contribution in [2.45, 2.75) is 44.2 Å². The number of fused-ring (bicyclic) bond motifs is 1. The average Bonchev–Trinajstić information content (AvgIpc) is 3.12. The first kappa shape index (κ1) is 25.5. The largest absolute Gasteiger partial charge is 0.377 e. The van der Waals surface area contributed by atoms with Crippen molar-refractivity contribution < 1.29 is 13.2 Å². The van der Waals surface area contributed by atoms with E-state index in [4.69, 9.17) is 4.74 Å². The van der Waals surface area contributed by atoms with Gasteiger partial charge in [-0.25, -0.2) is 18.1 Å². The van der Waals surface area contributed by atoms with E-state index in [-0.39, 0.29) is 41.5 Å². The van der Waals surface area contributed by atoms with Crippen LogP contribution in [0.15, 0.2) is 35.3 Å². The van der Waals surface area contributed by atoms with Gasteiger partial charge < -0.3 is 15.4 Å². The monoisotopic (exact) mass is 562 g/mol. The van der Waals surface area contributed by atoms with Crippen molar-refractivity contribution in [1.82, 2.24) is 25.4 Å². The van der Waals surface area contributed by atoms with E-state index in [9.17, 15) is 8.42 Å². The Morgan fingerprint density at radius 1 is 1.32 bits per heavy atom. The number of aliphatic imine (C=N–C) groups is 1. The van der Waals surface area contributed by atoms with Gasteiger partial charge in [0.1, 0.15) is 12.4 Å². The number of aryl methyl sites for hydroxylation is 1. The van der Waals surface area contributed by atoms with Gasteiger partial charge in [0, 0.05) is 33.2 Å². The van der Waals surface area contributed by atoms with Crippen molar-refractivity contribution in [2.24, 2.45) is 4.99 Å². The van der Waals surface area contributed by atoms with Gasteiger partial charge in [-0.15, -0.1) is 24.0 Å². The molecular weight excluding hydrogens is 531 g/mol. The highest BCUT2D eigenvalue weighted by atomic mass is 127. The minimum absolute atomic E-state index is 0. The molecule has 1 atom stereocenters. The molecule has 1 unspecified atom stereocenters. The number of hydrogen-bond acceptors (Lipinski definition) is 6. The number of ether oxygens (including phenoxy) is 1. The number of nitrogens with one attached hydrogen (secondary N) is 2. The predicted molar refractivity (Wildman–Crippen MR) is 131 cm³/mol. The normalized spacial score (nSPS) is 16.3. The van der Waals surface area contributed by atoms with Crippen molar-refractivity contribution in [1.29, 1.82) is 0 Å². The van der Waals surface area contributed by atoms with E-state index < -0.39 is 9.84 Å². The molecule has 1 aromatic carbocycles. The van der Waals surface area contributed by atoms with Gasteiger partial charge in [0.15, 0.2) is 21.6 Å². The van der Waals surface area contributed by atoms with Crippen molar-refractivity contribution in [2.75, 3.05) is 26.5 Å². The van der Waals surface area contributed by atoms with Crippen LogP contribution in [0.25, 0.3) is 0 Å². The quantitative estimate of drug-likeness (QED) is 0.207. The maximum Gasteiger partial charge on any atom is 0.191 e. The van der Waals surface area contributed by atoms with Crippen LogP contribution in [0.5, 0.6) is 0 Å². The fourth-order valence-corrected chi connectivity index (χ4v) is 4.88. The maximum absolute atomic E-state index is 12.3. The third-order valence-electron chi connectivity index (χ3n) is 4.89. The number of sulfone groups is 1. The summed E-state index contributed by atoms with van der Waals surface area (Å²) in [5.74, 6) is 2.56. The Balaban J connectivity index is 0.00000341. The van der Waals surface area contributed by atoms with E-state index in [1.54, 1.807) is 14.2 Å². The lowest BCUT2D eigenvalue weighted by atomic mass is 10.1. The molecule has 9 nitrogen and oxygen atoms in total. The highest BCUT2D eigenvalue weighted by molar-refractivity contribution is 14.0. The van der Waals surface area contributed by atoms with E-state index >= 15 is 0 Å². The second-order valence-electron chi connectivity index (χ2n) is 7.37. The van der Waals surface area contributed by atoms with Gasteiger partial charge >= 0.3 is 0 Å². The van der Waals surface area contributed by atoms with E-state index in [0.717, 1.165) is 24.2 Å². The van der Waals surface area contributed by atoms with Crippen LogP contribution >= 0.6 is 24.0 Å². The fourth-order valence-electron chi connectivity index (χ4n) is 3.46. The highest BCUT2D eigenvalue weighted by Gasteiger charge is 2.22. The lowest BCUT2D eigenvalue weighted by molar-refractivity contribution is 0.177. The standard InChI is InChI=1S/C20H30N6O3S.HI/c1-21-20(22-11-6-12-30(27,28)15-16-7-4-3-5-8-16)23-17-9-10-19-24-18(14-29-2)25-26(19)13-17;/h3-5,7-8,17H,6,9-15H2,1-2H3,(H2,21,22,23);1H. The molecule has 1 aromatic heterocycles. The second kappa shape index (κ2) is 12.3. The molecule has 1 aliphatic rings. The summed E-state index contributed by atoms with van der Waals surface area (Å²) in [5, 5.41) is 11.1. The summed E-state index contributed by atoms with van der Waals surface area (Å²) >= 11 is 0. The summed E-state index contributed by atoms with van der Waals surface area (Å²) in [6, 6.07) is 9.45. The van der Waals surface area contributed by atoms with E-state index in [2.05, 4.69) is 25.7 Å². The molecule has 0 aliphatic carbocycles. The summed E-state index contributed by atoms with van der Waals surface area (Å²) in [6.45, 7) is 1.65. The van der Waals surface area contributed by atoms with E-state index in [0.29, 0.717) is 37.9 Å². The molecule has 1 aliphatic heterocycles. The first-order chi connectivity index (χ1) is 14.5. The lowest BCUT2D eigenvalue weighted by Gasteiger charge is -2.25. The summed E-state index contributed by atoms with van der Waals surface area (Å²) in [4.78, 5) is 8.74. The molecule has 3 rings (SSSR count). The average molecular weight is 562 g/mol. The molecule has 0 fully saturated rings. The first-order valence-electron chi connectivity index (χ1n) is 10.1. The van der Waals surface area contributed by atoms with Crippen LogP contribution < -0.4 is 10.6 Å². The van der Waals surface area contributed by atoms with E-state index in [1.165, 1.54) is 0 Å². The molecule has 0 amide bonds. The highest BCUT2D eigenvalue weighted by Crippen LogP contribution is 2.13. The van der Waals surface area contributed by atoms with Crippen molar-refractivity contribution in [3.05, 3.63) is 47.5 Å². The number of halogens is 1. The first-order valence-corrected chi connectivity index (χ1v) is 11.9. The molecule has 0 saturated carbocycles. The zero-order chi connectivity index (χ0) is 21.4. The number of guanidine groups is 1. The Bertz CT molecular complexity index is 949. The van der Waals surface area contributed by atoms with Crippen LogP contribution in [-0.2, 0) is 39.9 Å². The zero-order valence-corrected chi connectivity index (χ0v) is 21.1. The molecule has 172 valence electrons. The molecule has 2 heterocycles. The summed E-state index contributed by atoms with van der Waals surface area (Å²) in [5.41, 5.74) is 0.821. The minimum Gasteiger partial charge on any atom is -0.377 e. The molecule has 0 saturated heterocycles. The Hall–Kier alpha value is -1.73. The SMILES string of the molecule is CN=C(NCCCS(=O)(=O)Cc1ccccc1)NC1CCc2nc(COC)nn2C1.I. The zero-order valence-electron chi connectivity index (χ0n) is 18.0. The second-order valence-corrected chi connectivity index (χ2v) is 9.55. The Morgan fingerprint density at radius 2 is 2.10 bits per heavy atom. The molecule has 0 radical (unpaired) electrons. The summed E-state index contributed by atoms with van der Waals surface area (Å²) in [7, 11) is 0.211. The molecule has 2 N–H and O–H groups in total. The molecule has 31 heavy (non-hydrogen) atoms. The van der Waals surface area contributed by atoms with Gasteiger partial charge in [0.05, 0.1) is 18.1 Å². The molecular formula is C20H31IN6O3S. The van der Waals surface area contributed by atoms with Gasteiger partial charge in [0.25, 0.3) is 0 Å². The van der Waals surface area contributed by atoms with Crippen LogP contribution in [-0.4, -0.2) is 61.6 Å². The van der Waals surface area contributed by atoms with Crippen LogP contribution in [0.3, 0.4) is 0 Å². The van der Waals surface area contributed by atoms with Gasteiger partial charge in [-0.2, -0.15) is 5.10 Å². The van der Waals surface area contributed by atoms with Crippen molar-refractivity contribution >= 4 is 39.8 Å². The topological polar surface area (TPSA) is 110 Å². The lowest BCUT2D eigenvalue weighted by Crippen LogP contribution is -2.47. The number of rotatable bonds is 9. The number of methoxy groups -OCH3 is 1. The van der Waals surface area contributed by atoms with Crippen LogP contribution in [0, 0.1) is 0 Å². The molecule has 0 bridgehead atoms. The number of hydrogen-bond donors (Lipinski definition) is 2. The third kappa shape index (κ3) is 8.04. The van der Waals surface area contributed by atoms with Gasteiger partial charge in [0.2, 0.25) is 0 Å². The van der Waals surface area contributed by atoms with Crippen LogP contribution in [0.1, 0.15) is 30.1 Å². The summed E-state index contributed by atoms with van der Waals surface area (Å²) in [6.07, 6.45) is 2.29. The maximum atomic E-state index is 12.3. The van der Waals surface area contributed by atoms with Gasteiger partial charge in [-0.1, -0.05) is 30.3 Å². The Morgan fingerprint density at radius 3 is 2.81 bits per heavy atom. The number of nitrogens with zero attached hydrogens (tertiary/aromatic N) is 4. The molecule has 2 aromatic rings. The van der Waals surface area contributed by atoms with Gasteiger partial charge in [-0.05, 0) is 18.4 Å². The minimum atomic E-state index is -3.13. The van der Waals surface area contributed by atoms with Crippen molar-refractivity contribution in [3.63, 3.8) is 0 Å². The van der Waals surface area contributed by atoms with Gasteiger partial charge in [-0.3, -0.25) is 4.99 Å². The smallest absolute Gasteiger partial charge is 0.191 e. The molecule has 11 heteroatoms. The van der Waals surface area contributed by atoms with Crippen molar-refractivity contribution in [3.8, 4) is 0 Å². The number of aromatic nitrogens is 3.